The zero-order valence-electron chi connectivity index (χ0n) is 13.7. The van der Waals surface area contributed by atoms with Gasteiger partial charge in [0.2, 0.25) is 0 Å². The molecule has 0 aliphatic carbocycles. The molecule has 0 bridgehead atoms. The molecule has 25 heavy (non-hydrogen) atoms. The molecule has 0 amide bonds. The lowest BCUT2D eigenvalue weighted by atomic mass is 10.1. The Bertz CT molecular complexity index is 912. The maximum atomic E-state index is 2.28. The lowest BCUT2D eigenvalue weighted by Crippen LogP contribution is -1.75. The average Bonchev–Trinajstić information content (AvgIpc) is 3.13. The molecule has 0 saturated heterocycles. The van der Waals surface area contributed by atoms with Crippen molar-refractivity contribution in [1.82, 2.24) is 0 Å². The first-order chi connectivity index (χ1) is 12.4. The van der Waals surface area contributed by atoms with Gasteiger partial charge >= 0.3 is 0 Å². The fourth-order valence-corrected chi connectivity index (χ4v) is 5.65. The highest BCUT2D eigenvalue weighted by Crippen LogP contribution is 2.50. The van der Waals surface area contributed by atoms with E-state index in [1.807, 2.05) is 0 Å². The maximum Gasteiger partial charge on any atom is -0.0257 e. The van der Waals surface area contributed by atoms with Crippen molar-refractivity contribution >= 4 is 28.5 Å². The van der Waals surface area contributed by atoms with E-state index in [9.17, 15) is 0 Å². The van der Waals surface area contributed by atoms with E-state index in [0.717, 1.165) is 0 Å². The van der Waals surface area contributed by atoms with Crippen LogP contribution in [-0.2, 0) is 0 Å². The second-order valence-electron chi connectivity index (χ2n) is 5.76. The molecule has 0 N–H and O–H groups in total. The average molecular weight is 355 g/mol. The standard InChI is InChI=1S/C23H17P2/c1-4-10-18(11-5-1)16-17-21-24-22(19-12-6-2-7-13-19)23(25-21)20-14-8-3-9-15-20/h1-17H/q-1/b17-16+. The van der Waals surface area contributed by atoms with E-state index in [1.54, 1.807) is 0 Å². The van der Waals surface area contributed by atoms with Crippen molar-refractivity contribution < 1.29 is 0 Å². The van der Waals surface area contributed by atoms with E-state index in [4.69, 9.17) is 0 Å². The molecule has 0 fully saturated rings. The fourth-order valence-electron chi connectivity index (χ4n) is 2.76. The normalized spacial score (nSPS) is 11.7. The summed E-state index contributed by atoms with van der Waals surface area (Å²) in [5.41, 5.74) is 3.88. The van der Waals surface area contributed by atoms with E-state index in [1.165, 1.54) is 48.7 Å². The molecule has 0 atom stereocenters. The first-order valence-corrected chi connectivity index (χ1v) is 10.1. The van der Waals surface area contributed by atoms with Gasteiger partial charge in [-0.25, -0.2) is 0 Å². The van der Waals surface area contributed by atoms with Crippen LogP contribution in [0.2, 0.25) is 0 Å². The molecule has 120 valence electrons. The monoisotopic (exact) mass is 355 g/mol. The van der Waals surface area contributed by atoms with Crippen molar-refractivity contribution in [1.29, 1.82) is 0 Å². The molecule has 0 nitrogen and oxygen atoms in total. The number of hydrogen-bond donors (Lipinski definition) is 0. The summed E-state index contributed by atoms with van der Waals surface area (Å²) in [6, 6.07) is 32.0. The van der Waals surface area contributed by atoms with Gasteiger partial charge in [-0.05, 0) is 16.7 Å². The maximum absolute atomic E-state index is 2.28. The molecule has 0 spiro atoms. The fraction of sp³-hybridized carbons (Fsp3) is 0. The summed E-state index contributed by atoms with van der Waals surface area (Å²) in [6.45, 7) is 0. The van der Waals surface area contributed by atoms with Gasteiger partial charge in [0.05, 0.1) is 0 Å². The zero-order valence-corrected chi connectivity index (χ0v) is 15.5. The summed E-state index contributed by atoms with van der Waals surface area (Å²) in [6.07, 6.45) is 4.49. The predicted molar refractivity (Wildman–Crippen MR) is 113 cm³/mol. The first-order valence-electron chi connectivity index (χ1n) is 8.29. The van der Waals surface area contributed by atoms with E-state index >= 15 is 0 Å². The SMILES string of the molecule is C(=C\c1pc(-c2ccccc2)c(-c2ccccc2)[p-]1)/c1ccccc1. The molecule has 1 heterocycles. The third-order valence-electron chi connectivity index (χ3n) is 4.00. The minimum Gasteiger partial charge on any atom is -0.298 e. The Labute approximate surface area is 152 Å². The molecular formula is C23H17P2-. The van der Waals surface area contributed by atoms with Gasteiger partial charge in [0, 0.05) is 0 Å². The lowest BCUT2D eigenvalue weighted by molar-refractivity contribution is 1.67. The Morgan fingerprint density at radius 1 is 0.600 bits per heavy atom. The quantitative estimate of drug-likeness (QED) is 0.347. The van der Waals surface area contributed by atoms with Crippen molar-refractivity contribution in [3.63, 3.8) is 0 Å². The van der Waals surface area contributed by atoms with Crippen LogP contribution in [0, 0.1) is 0 Å². The van der Waals surface area contributed by atoms with Crippen LogP contribution in [0.15, 0.2) is 91.0 Å². The summed E-state index contributed by atoms with van der Waals surface area (Å²) >= 11 is 0. The van der Waals surface area contributed by atoms with Crippen LogP contribution in [0.1, 0.15) is 10.6 Å². The second kappa shape index (κ2) is 7.66. The summed E-state index contributed by atoms with van der Waals surface area (Å²) in [5, 5.41) is 4.25. The Morgan fingerprint density at radius 3 is 1.80 bits per heavy atom. The summed E-state index contributed by atoms with van der Waals surface area (Å²) < 4.78 is 0. The van der Waals surface area contributed by atoms with Gasteiger partial charge < -0.3 is 0 Å². The highest BCUT2D eigenvalue weighted by Gasteiger charge is 2.02. The molecule has 2 heteroatoms. The molecule has 0 radical (unpaired) electrons. The first kappa shape index (κ1) is 16.1. The third-order valence-corrected chi connectivity index (χ3v) is 6.94. The van der Waals surface area contributed by atoms with Gasteiger partial charge in [-0.2, -0.15) is 5.03 Å². The minimum atomic E-state index is 1.25. The van der Waals surface area contributed by atoms with Crippen LogP contribution in [0.25, 0.3) is 33.9 Å². The van der Waals surface area contributed by atoms with Gasteiger partial charge in [-0.1, -0.05) is 114 Å². The van der Waals surface area contributed by atoms with Crippen molar-refractivity contribution in [2.75, 3.05) is 0 Å². The van der Waals surface area contributed by atoms with Crippen molar-refractivity contribution in [2.45, 2.75) is 0 Å². The summed E-state index contributed by atoms with van der Waals surface area (Å²) in [4.78, 5) is 0. The molecule has 1 aromatic heterocycles. The molecule has 0 saturated carbocycles. The summed E-state index contributed by atoms with van der Waals surface area (Å²) in [7, 11) is 2.61. The van der Waals surface area contributed by atoms with Crippen molar-refractivity contribution in [2.24, 2.45) is 0 Å². The summed E-state index contributed by atoms with van der Waals surface area (Å²) in [5.74, 6) is 0. The second-order valence-corrected chi connectivity index (χ2v) is 8.41. The van der Waals surface area contributed by atoms with Crippen molar-refractivity contribution in [3.8, 4) is 21.7 Å². The molecular weight excluding hydrogens is 338 g/mol. The largest absolute Gasteiger partial charge is 0.298 e. The van der Waals surface area contributed by atoms with Crippen LogP contribution < -0.4 is 0 Å². The van der Waals surface area contributed by atoms with Gasteiger partial charge in [0.15, 0.2) is 0 Å². The van der Waals surface area contributed by atoms with Crippen molar-refractivity contribution in [3.05, 3.63) is 102 Å². The smallest absolute Gasteiger partial charge is 0.0257 e. The predicted octanol–water partition coefficient (Wildman–Crippen LogP) is 8.07. The lowest BCUT2D eigenvalue weighted by Gasteiger charge is -2.10. The Balaban J connectivity index is 1.77. The number of rotatable bonds is 4. The molecule has 4 aromatic rings. The third kappa shape index (κ3) is 3.83. The molecule has 0 unspecified atom stereocenters. The zero-order chi connectivity index (χ0) is 16.9. The van der Waals surface area contributed by atoms with Gasteiger partial charge in [-0.3, -0.25) is 16.4 Å². The number of benzene rings is 3. The molecule has 0 aliphatic rings. The highest BCUT2D eigenvalue weighted by molar-refractivity contribution is 7.55. The van der Waals surface area contributed by atoms with E-state index in [0.29, 0.717) is 0 Å². The topological polar surface area (TPSA) is 0 Å². The van der Waals surface area contributed by atoms with Crippen LogP contribution in [-0.4, -0.2) is 0 Å². The van der Waals surface area contributed by atoms with Crippen LogP contribution in [0.4, 0.5) is 0 Å². The minimum absolute atomic E-state index is 1.25. The van der Waals surface area contributed by atoms with Crippen LogP contribution in [0.3, 0.4) is 0 Å². The van der Waals surface area contributed by atoms with Gasteiger partial charge in [0.1, 0.15) is 0 Å². The molecule has 3 aromatic carbocycles. The highest BCUT2D eigenvalue weighted by atomic mass is 31.1. The molecule has 4 rings (SSSR count). The van der Waals surface area contributed by atoms with Gasteiger partial charge in [-0.15, -0.1) is 0 Å². The van der Waals surface area contributed by atoms with Crippen LogP contribution >= 0.6 is 16.4 Å². The van der Waals surface area contributed by atoms with E-state index in [-0.39, 0.29) is 0 Å². The number of hydrogen-bond acceptors (Lipinski definition) is 0. The molecule has 0 aliphatic heterocycles. The Hall–Kier alpha value is -2.39. The van der Waals surface area contributed by atoms with E-state index < -0.39 is 0 Å². The van der Waals surface area contributed by atoms with E-state index in [2.05, 4.69) is 103 Å². The Morgan fingerprint density at radius 2 is 1.16 bits per heavy atom. The van der Waals surface area contributed by atoms with Gasteiger partial charge in [0.25, 0.3) is 0 Å². The van der Waals surface area contributed by atoms with Crippen LogP contribution in [0.5, 0.6) is 0 Å². The Kier molecular flexibility index (Phi) is 4.93.